The molecule has 27 heavy (non-hydrogen) atoms. The summed E-state index contributed by atoms with van der Waals surface area (Å²) < 4.78 is 0. The molecule has 2 heterocycles. The molecule has 142 valence electrons. The lowest BCUT2D eigenvalue weighted by atomic mass is 9.96. The van der Waals surface area contributed by atoms with Crippen molar-refractivity contribution in [3.05, 3.63) is 48.0 Å². The minimum absolute atomic E-state index is 0.0290. The fourth-order valence-electron chi connectivity index (χ4n) is 3.07. The largest absolute Gasteiger partial charge is 0.323 e. The molecule has 0 spiro atoms. The van der Waals surface area contributed by atoms with E-state index in [0.717, 1.165) is 17.9 Å². The Morgan fingerprint density at radius 3 is 2.37 bits per heavy atom. The van der Waals surface area contributed by atoms with Crippen molar-refractivity contribution < 1.29 is 9.59 Å². The van der Waals surface area contributed by atoms with Gasteiger partial charge in [0.15, 0.2) is 0 Å². The molecule has 3 rings (SSSR count). The van der Waals surface area contributed by atoms with Gasteiger partial charge in [-0.15, -0.1) is 0 Å². The lowest BCUT2D eigenvalue weighted by Crippen LogP contribution is -2.28. The molecule has 0 unspecified atom stereocenters. The van der Waals surface area contributed by atoms with E-state index in [9.17, 15) is 9.59 Å². The second-order valence-corrected chi connectivity index (χ2v) is 7.96. The predicted octanol–water partition coefficient (Wildman–Crippen LogP) is 3.33. The first kappa shape index (κ1) is 19.0. The maximum Gasteiger partial charge on any atom is 0.229 e. The van der Waals surface area contributed by atoms with Gasteiger partial charge >= 0.3 is 0 Å². The number of hydrogen-bond donors (Lipinski definition) is 1. The summed E-state index contributed by atoms with van der Waals surface area (Å²) in [4.78, 5) is 35.3. The fourth-order valence-corrected chi connectivity index (χ4v) is 3.07. The number of anilines is 2. The normalized spacial score (nSPS) is 17.3. The highest BCUT2D eigenvalue weighted by Crippen LogP contribution is 2.26. The van der Waals surface area contributed by atoms with Crippen molar-refractivity contribution in [3.63, 3.8) is 0 Å². The van der Waals surface area contributed by atoms with Crippen molar-refractivity contribution in [2.75, 3.05) is 16.8 Å². The Kier molecular flexibility index (Phi) is 5.26. The molecule has 1 aromatic heterocycles. The van der Waals surface area contributed by atoms with Crippen LogP contribution in [0.3, 0.4) is 0 Å². The molecule has 1 aliphatic heterocycles. The van der Waals surface area contributed by atoms with Gasteiger partial charge in [0.05, 0.1) is 24.0 Å². The second kappa shape index (κ2) is 7.47. The van der Waals surface area contributed by atoms with Gasteiger partial charge in [-0.3, -0.25) is 9.59 Å². The zero-order chi connectivity index (χ0) is 19.6. The standard InChI is InChI=1S/C21H26N4O2/c1-5-14-6-8-17(9-7-14)25-13-15(10-18(25)26)19(27)24-16-11-22-20(23-12-16)21(2,3)4/h6-9,11-12,15H,5,10,13H2,1-4H3,(H,24,27)/t15-/m0/s1. The van der Waals surface area contributed by atoms with Crippen LogP contribution in [0.5, 0.6) is 0 Å². The predicted molar refractivity (Wildman–Crippen MR) is 106 cm³/mol. The van der Waals surface area contributed by atoms with Gasteiger partial charge in [-0.25, -0.2) is 9.97 Å². The Balaban J connectivity index is 1.65. The van der Waals surface area contributed by atoms with Gasteiger partial charge in [-0.1, -0.05) is 39.8 Å². The van der Waals surface area contributed by atoms with Crippen LogP contribution in [0.4, 0.5) is 11.4 Å². The van der Waals surface area contributed by atoms with E-state index in [1.807, 2.05) is 45.0 Å². The van der Waals surface area contributed by atoms with Crippen molar-refractivity contribution >= 4 is 23.2 Å². The summed E-state index contributed by atoms with van der Waals surface area (Å²) in [5.74, 6) is 0.130. The quantitative estimate of drug-likeness (QED) is 0.901. The van der Waals surface area contributed by atoms with Crippen LogP contribution < -0.4 is 10.2 Å². The van der Waals surface area contributed by atoms with Gasteiger partial charge in [-0.05, 0) is 24.1 Å². The number of nitrogens with zero attached hydrogens (tertiary/aromatic N) is 3. The Morgan fingerprint density at radius 2 is 1.81 bits per heavy atom. The average Bonchev–Trinajstić information content (AvgIpc) is 3.03. The van der Waals surface area contributed by atoms with Crippen molar-refractivity contribution in [1.82, 2.24) is 9.97 Å². The Morgan fingerprint density at radius 1 is 1.19 bits per heavy atom. The highest BCUT2D eigenvalue weighted by Gasteiger charge is 2.35. The number of aryl methyl sites for hydroxylation is 1. The van der Waals surface area contributed by atoms with Crippen LogP contribution in [0.15, 0.2) is 36.7 Å². The first-order valence-electron chi connectivity index (χ1n) is 9.30. The minimum atomic E-state index is -0.384. The Labute approximate surface area is 160 Å². The number of amides is 2. The molecular weight excluding hydrogens is 340 g/mol. The molecule has 1 saturated heterocycles. The van der Waals surface area contributed by atoms with E-state index in [1.54, 1.807) is 17.3 Å². The Hall–Kier alpha value is -2.76. The molecule has 1 aliphatic rings. The van der Waals surface area contributed by atoms with Gasteiger partial charge in [0.25, 0.3) is 0 Å². The van der Waals surface area contributed by atoms with Gasteiger partial charge in [0, 0.05) is 24.1 Å². The lowest BCUT2D eigenvalue weighted by Gasteiger charge is -2.18. The van der Waals surface area contributed by atoms with Crippen LogP contribution in [-0.4, -0.2) is 28.3 Å². The van der Waals surface area contributed by atoms with Crippen LogP contribution in [0.2, 0.25) is 0 Å². The van der Waals surface area contributed by atoms with E-state index in [2.05, 4.69) is 22.2 Å². The summed E-state index contributed by atoms with van der Waals surface area (Å²) in [7, 11) is 0. The van der Waals surface area contributed by atoms with Crippen molar-refractivity contribution in [3.8, 4) is 0 Å². The number of benzene rings is 1. The second-order valence-electron chi connectivity index (χ2n) is 7.96. The average molecular weight is 366 g/mol. The molecule has 0 bridgehead atoms. The van der Waals surface area contributed by atoms with E-state index in [4.69, 9.17) is 0 Å². The summed E-state index contributed by atoms with van der Waals surface area (Å²) in [6.45, 7) is 8.58. The summed E-state index contributed by atoms with van der Waals surface area (Å²) in [5.41, 5.74) is 2.46. The van der Waals surface area contributed by atoms with Crippen molar-refractivity contribution in [2.24, 2.45) is 5.92 Å². The van der Waals surface area contributed by atoms with Gasteiger partial charge in [0.1, 0.15) is 5.82 Å². The molecule has 1 aromatic carbocycles. The van der Waals surface area contributed by atoms with Crippen LogP contribution in [0.25, 0.3) is 0 Å². The molecule has 1 N–H and O–H groups in total. The lowest BCUT2D eigenvalue weighted by molar-refractivity contribution is -0.122. The van der Waals surface area contributed by atoms with E-state index >= 15 is 0 Å². The van der Waals surface area contributed by atoms with E-state index in [-0.39, 0.29) is 29.6 Å². The zero-order valence-electron chi connectivity index (χ0n) is 16.3. The molecule has 6 nitrogen and oxygen atoms in total. The molecule has 0 saturated carbocycles. The summed E-state index contributed by atoms with van der Waals surface area (Å²) >= 11 is 0. The van der Waals surface area contributed by atoms with Crippen molar-refractivity contribution in [2.45, 2.75) is 46.0 Å². The third-order valence-electron chi connectivity index (χ3n) is 4.74. The number of carbonyl (C=O) groups excluding carboxylic acids is 2. The highest BCUT2D eigenvalue weighted by molar-refractivity contribution is 6.03. The zero-order valence-corrected chi connectivity index (χ0v) is 16.3. The minimum Gasteiger partial charge on any atom is -0.323 e. The van der Waals surface area contributed by atoms with Crippen LogP contribution in [-0.2, 0) is 21.4 Å². The van der Waals surface area contributed by atoms with Crippen LogP contribution >= 0.6 is 0 Å². The number of carbonyl (C=O) groups is 2. The first-order chi connectivity index (χ1) is 12.8. The monoisotopic (exact) mass is 366 g/mol. The fraction of sp³-hybridized carbons (Fsp3) is 0.429. The number of nitrogens with one attached hydrogen (secondary N) is 1. The Bertz CT molecular complexity index is 823. The molecule has 0 radical (unpaired) electrons. The maximum atomic E-state index is 12.6. The molecule has 1 atom stereocenters. The highest BCUT2D eigenvalue weighted by atomic mass is 16.2. The first-order valence-corrected chi connectivity index (χ1v) is 9.30. The van der Waals surface area contributed by atoms with Gasteiger partial charge in [0.2, 0.25) is 11.8 Å². The molecule has 1 fully saturated rings. The van der Waals surface area contributed by atoms with Crippen LogP contribution in [0, 0.1) is 5.92 Å². The van der Waals surface area contributed by atoms with E-state index in [1.165, 1.54) is 5.56 Å². The number of rotatable bonds is 4. The summed E-state index contributed by atoms with van der Waals surface area (Å²) in [6, 6.07) is 7.92. The molecule has 2 amide bonds. The number of aromatic nitrogens is 2. The number of hydrogen-bond acceptors (Lipinski definition) is 4. The third kappa shape index (κ3) is 4.32. The molecule has 0 aliphatic carbocycles. The SMILES string of the molecule is CCc1ccc(N2C[C@@H](C(=O)Nc3cnc(C(C)(C)C)nc3)CC2=O)cc1. The maximum absolute atomic E-state index is 12.6. The smallest absolute Gasteiger partial charge is 0.229 e. The van der Waals surface area contributed by atoms with E-state index < -0.39 is 0 Å². The summed E-state index contributed by atoms with van der Waals surface area (Å²) in [6.07, 6.45) is 4.39. The van der Waals surface area contributed by atoms with Gasteiger partial charge in [-0.2, -0.15) is 0 Å². The molecule has 2 aromatic rings. The summed E-state index contributed by atoms with van der Waals surface area (Å²) in [5, 5.41) is 2.83. The van der Waals surface area contributed by atoms with Crippen LogP contribution in [0.1, 0.15) is 45.5 Å². The van der Waals surface area contributed by atoms with Crippen molar-refractivity contribution in [1.29, 1.82) is 0 Å². The van der Waals surface area contributed by atoms with E-state index in [0.29, 0.717) is 12.2 Å². The third-order valence-corrected chi connectivity index (χ3v) is 4.74. The topological polar surface area (TPSA) is 75.2 Å². The molecule has 6 heteroatoms. The molecular formula is C21H26N4O2. The van der Waals surface area contributed by atoms with Gasteiger partial charge < -0.3 is 10.2 Å².